The van der Waals surface area contributed by atoms with Crippen LogP contribution < -0.4 is 0 Å². The van der Waals surface area contributed by atoms with Crippen molar-refractivity contribution in [3.05, 3.63) is 63.9 Å². The van der Waals surface area contributed by atoms with Crippen LogP contribution in [0.2, 0.25) is 10.0 Å². The monoisotopic (exact) mass is 330 g/mol. The average Bonchev–Trinajstić information content (AvgIpc) is 2.43. The minimum Gasteiger partial charge on any atom is -0.392 e. The zero-order valence-corrected chi connectivity index (χ0v) is 12.9. The van der Waals surface area contributed by atoms with Gasteiger partial charge in [-0.2, -0.15) is 0 Å². The molecule has 5 heteroatoms. The van der Waals surface area contributed by atoms with E-state index in [1.807, 2.05) is 18.2 Å². The Morgan fingerprint density at radius 2 is 1.75 bits per heavy atom. The second kappa shape index (κ2) is 7.32. The van der Waals surface area contributed by atoms with Crippen molar-refractivity contribution < 1.29 is 9.50 Å². The van der Waals surface area contributed by atoms with Gasteiger partial charge in [0, 0.05) is 17.1 Å². The quantitative estimate of drug-likeness (QED) is 0.792. The number of hydrogen-bond acceptors (Lipinski definition) is 2. The highest BCUT2D eigenvalue weighted by atomic mass is 35.5. The van der Waals surface area contributed by atoms with Gasteiger partial charge in [-0.3, -0.25) is 0 Å². The summed E-state index contributed by atoms with van der Waals surface area (Å²) in [4.78, 5) is 0.903. The average molecular weight is 331 g/mol. The van der Waals surface area contributed by atoms with Crippen LogP contribution in [0.1, 0.15) is 5.56 Å². The predicted molar refractivity (Wildman–Crippen MR) is 83.3 cm³/mol. The van der Waals surface area contributed by atoms with Crippen LogP contribution in [0.5, 0.6) is 0 Å². The van der Waals surface area contributed by atoms with E-state index in [0.29, 0.717) is 16.3 Å². The van der Waals surface area contributed by atoms with Gasteiger partial charge >= 0.3 is 0 Å². The first-order valence-electron chi connectivity index (χ1n) is 6.06. The van der Waals surface area contributed by atoms with E-state index in [0.717, 1.165) is 4.90 Å². The Morgan fingerprint density at radius 3 is 2.50 bits per heavy atom. The highest BCUT2D eigenvalue weighted by molar-refractivity contribution is 7.99. The first kappa shape index (κ1) is 15.6. The number of aliphatic hydroxyl groups excluding tert-OH is 1. The molecule has 0 fully saturated rings. The smallest absolute Gasteiger partial charge is 0.145 e. The number of rotatable bonds is 5. The Bertz CT molecular complexity index is 592. The second-order valence-electron chi connectivity index (χ2n) is 4.31. The van der Waals surface area contributed by atoms with E-state index in [9.17, 15) is 9.50 Å². The summed E-state index contributed by atoms with van der Waals surface area (Å²) in [6.07, 6.45) is -0.437. The largest absolute Gasteiger partial charge is 0.392 e. The molecule has 0 spiro atoms. The van der Waals surface area contributed by atoms with Crippen LogP contribution in [0, 0.1) is 5.82 Å². The first-order chi connectivity index (χ1) is 9.58. The normalized spacial score (nSPS) is 12.4. The zero-order valence-electron chi connectivity index (χ0n) is 10.5. The molecule has 0 saturated carbocycles. The van der Waals surface area contributed by atoms with Crippen molar-refractivity contribution in [2.45, 2.75) is 17.4 Å². The minimum absolute atomic E-state index is 0.0773. The molecule has 2 rings (SSSR count). The lowest BCUT2D eigenvalue weighted by atomic mass is 10.1. The number of aliphatic hydroxyl groups is 1. The van der Waals surface area contributed by atoms with Crippen LogP contribution in [0.25, 0.3) is 0 Å². The van der Waals surface area contributed by atoms with Crippen molar-refractivity contribution in [1.82, 2.24) is 0 Å². The van der Waals surface area contributed by atoms with Gasteiger partial charge in [0.05, 0.1) is 16.1 Å². The third-order valence-corrected chi connectivity index (χ3v) is 4.71. The van der Waals surface area contributed by atoms with Crippen LogP contribution in [0.3, 0.4) is 0 Å². The molecule has 106 valence electrons. The minimum atomic E-state index is -0.663. The summed E-state index contributed by atoms with van der Waals surface area (Å²) in [6, 6.07) is 12.2. The first-order valence-corrected chi connectivity index (χ1v) is 7.80. The molecule has 1 nitrogen and oxygen atoms in total. The maximum absolute atomic E-state index is 13.7. The van der Waals surface area contributed by atoms with Crippen molar-refractivity contribution in [3.63, 3.8) is 0 Å². The van der Waals surface area contributed by atoms with Gasteiger partial charge in [0.1, 0.15) is 5.82 Å². The molecule has 0 bridgehead atoms. The fourth-order valence-electron chi connectivity index (χ4n) is 1.77. The van der Waals surface area contributed by atoms with Crippen molar-refractivity contribution in [2.75, 3.05) is 5.75 Å². The Labute approximate surface area is 131 Å². The zero-order chi connectivity index (χ0) is 14.5. The molecule has 20 heavy (non-hydrogen) atoms. The van der Waals surface area contributed by atoms with Crippen molar-refractivity contribution in [1.29, 1.82) is 0 Å². The molecule has 0 aliphatic heterocycles. The molecular formula is C15H13Cl2FOS. The van der Waals surface area contributed by atoms with Gasteiger partial charge in [-0.1, -0.05) is 47.5 Å². The van der Waals surface area contributed by atoms with E-state index < -0.39 is 11.9 Å². The van der Waals surface area contributed by atoms with Crippen LogP contribution in [-0.4, -0.2) is 17.0 Å². The van der Waals surface area contributed by atoms with Crippen molar-refractivity contribution in [3.8, 4) is 0 Å². The van der Waals surface area contributed by atoms with E-state index in [1.165, 1.54) is 17.8 Å². The molecule has 0 saturated heterocycles. The molecule has 0 aliphatic rings. The molecule has 0 aromatic heterocycles. The third-order valence-electron chi connectivity index (χ3n) is 2.75. The number of benzene rings is 2. The molecular weight excluding hydrogens is 318 g/mol. The number of halogens is 3. The summed E-state index contributed by atoms with van der Waals surface area (Å²) in [7, 11) is 0. The predicted octanol–water partition coefficient (Wildman–Crippen LogP) is 4.83. The molecule has 0 radical (unpaired) electrons. The Kier molecular flexibility index (Phi) is 5.73. The Morgan fingerprint density at radius 1 is 1.05 bits per heavy atom. The van der Waals surface area contributed by atoms with Gasteiger partial charge in [0.2, 0.25) is 0 Å². The van der Waals surface area contributed by atoms with Crippen LogP contribution in [-0.2, 0) is 6.42 Å². The Balaban J connectivity index is 1.94. The number of thioether (sulfide) groups is 1. The fourth-order valence-corrected chi connectivity index (χ4v) is 3.13. The van der Waals surface area contributed by atoms with E-state index in [1.54, 1.807) is 18.2 Å². The summed E-state index contributed by atoms with van der Waals surface area (Å²) < 4.78 is 13.7. The van der Waals surface area contributed by atoms with Gasteiger partial charge < -0.3 is 5.11 Å². The molecule has 2 aromatic carbocycles. The van der Waals surface area contributed by atoms with E-state index in [4.69, 9.17) is 23.2 Å². The Hall–Kier alpha value is -0.740. The van der Waals surface area contributed by atoms with Gasteiger partial charge in [0.25, 0.3) is 0 Å². The second-order valence-corrected chi connectivity index (χ2v) is 6.19. The summed E-state index contributed by atoms with van der Waals surface area (Å²) >= 11 is 13.2. The molecule has 0 heterocycles. The van der Waals surface area contributed by atoms with Gasteiger partial charge in [-0.05, 0) is 23.8 Å². The highest BCUT2D eigenvalue weighted by Crippen LogP contribution is 2.28. The lowest BCUT2D eigenvalue weighted by Gasteiger charge is -2.12. The molecule has 1 atom stereocenters. The maximum atomic E-state index is 13.7. The van der Waals surface area contributed by atoms with Crippen molar-refractivity contribution >= 4 is 35.0 Å². The summed E-state index contributed by atoms with van der Waals surface area (Å²) in [5, 5.41) is 10.7. The summed E-state index contributed by atoms with van der Waals surface area (Å²) in [5.74, 6) is -0.0219. The van der Waals surface area contributed by atoms with E-state index in [-0.39, 0.29) is 11.4 Å². The standard InChI is InChI=1S/C15H13Cl2FOS/c16-12-5-1-2-7-14(12)20-9-11(19)8-10-4-3-6-13(17)15(10)18/h1-7,11,19H,8-9H2. The maximum Gasteiger partial charge on any atom is 0.145 e. The highest BCUT2D eigenvalue weighted by Gasteiger charge is 2.12. The molecule has 0 aliphatic carbocycles. The van der Waals surface area contributed by atoms with Crippen LogP contribution in [0.15, 0.2) is 47.4 Å². The molecule has 2 aromatic rings. The van der Waals surface area contributed by atoms with E-state index in [2.05, 4.69) is 0 Å². The third kappa shape index (κ3) is 4.13. The van der Waals surface area contributed by atoms with Gasteiger partial charge in [-0.15, -0.1) is 11.8 Å². The van der Waals surface area contributed by atoms with Crippen LogP contribution in [0.4, 0.5) is 4.39 Å². The van der Waals surface area contributed by atoms with Crippen LogP contribution >= 0.6 is 35.0 Å². The number of hydrogen-bond donors (Lipinski definition) is 1. The van der Waals surface area contributed by atoms with E-state index >= 15 is 0 Å². The summed E-state index contributed by atoms with van der Waals surface area (Å²) in [5.41, 5.74) is 0.421. The van der Waals surface area contributed by atoms with Gasteiger partial charge in [0.15, 0.2) is 0 Å². The lowest BCUT2D eigenvalue weighted by molar-refractivity contribution is 0.199. The molecule has 1 unspecified atom stereocenters. The SMILES string of the molecule is OC(CSc1ccccc1Cl)Cc1cccc(Cl)c1F. The van der Waals surface area contributed by atoms with Gasteiger partial charge in [-0.25, -0.2) is 4.39 Å². The summed E-state index contributed by atoms with van der Waals surface area (Å²) in [6.45, 7) is 0. The van der Waals surface area contributed by atoms with Crippen molar-refractivity contribution in [2.24, 2.45) is 0 Å². The lowest BCUT2D eigenvalue weighted by Crippen LogP contribution is -2.14. The topological polar surface area (TPSA) is 20.2 Å². The fraction of sp³-hybridized carbons (Fsp3) is 0.200. The molecule has 1 N–H and O–H groups in total. The molecule has 0 amide bonds.